The average Bonchev–Trinajstić information content (AvgIpc) is 2.28. The normalized spacial score (nSPS) is 13.2. The Morgan fingerprint density at radius 3 is 2.33 bits per heavy atom. The summed E-state index contributed by atoms with van der Waals surface area (Å²) in [6.07, 6.45) is 0. The van der Waals surface area contributed by atoms with Crippen molar-refractivity contribution in [2.24, 2.45) is 11.8 Å². The van der Waals surface area contributed by atoms with Crippen molar-refractivity contribution in [2.45, 2.75) is 40.0 Å². The predicted molar refractivity (Wildman–Crippen MR) is 77.6 cm³/mol. The van der Waals surface area contributed by atoms with Crippen LogP contribution in [-0.2, 0) is 5.41 Å². The van der Waals surface area contributed by atoms with Gasteiger partial charge in [0.25, 0.3) is 0 Å². The van der Waals surface area contributed by atoms with Gasteiger partial charge in [-0.3, -0.25) is 0 Å². The zero-order valence-electron chi connectivity index (χ0n) is 12.1. The molecule has 1 unspecified atom stereocenters. The topological polar surface area (TPSA) is 35.8 Å². The molecule has 98 valence electrons. The quantitative estimate of drug-likeness (QED) is 0.862. The van der Waals surface area contributed by atoms with Gasteiger partial charge in [-0.05, 0) is 23.0 Å². The van der Waals surface area contributed by atoms with E-state index in [1.165, 1.54) is 5.56 Å². The second-order valence-corrected chi connectivity index (χ2v) is 6.16. The fraction of sp³-hybridized carbons (Fsp3) is 0.562. The van der Waals surface area contributed by atoms with E-state index >= 15 is 0 Å². The molecule has 0 heterocycles. The van der Waals surface area contributed by atoms with Gasteiger partial charge in [-0.1, -0.05) is 52.8 Å². The van der Waals surface area contributed by atoms with E-state index in [4.69, 9.17) is 5.26 Å². The van der Waals surface area contributed by atoms with E-state index in [1.54, 1.807) is 0 Å². The van der Waals surface area contributed by atoms with Crippen LogP contribution in [0.1, 0.15) is 40.2 Å². The summed E-state index contributed by atoms with van der Waals surface area (Å²) in [5.74, 6) is 0.433. The fourth-order valence-electron chi connectivity index (χ4n) is 1.94. The summed E-state index contributed by atoms with van der Waals surface area (Å²) in [7, 11) is 0. The largest absolute Gasteiger partial charge is 0.383 e. The zero-order valence-corrected chi connectivity index (χ0v) is 12.1. The van der Waals surface area contributed by atoms with Gasteiger partial charge in [0.05, 0.1) is 12.0 Å². The van der Waals surface area contributed by atoms with Crippen molar-refractivity contribution < 1.29 is 0 Å². The van der Waals surface area contributed by atoms with Crippen molar-refractivity contribution in [3.8, 4) is 6.07 Å². The highest BCUT2D eigenvalue weighted by molar-refractivity contribution is 5.54. The van der Waals surface area contributed by atoms with Gasteiger partial charge in [-0.25, -0.2) is 0 Å². The Bertz CT molecular complexity index is 421. The van der Waals surface area contributed by atoms with Gasteiger partial charge in [-0.15, -0.1) is 0 Å². The Morgan fingerprint density at radius 2 is 1.83 bits per heavy atom. The van der Waals surface area contributed by atoms with Crippen LogP contribution < -0.4 is 5.32 Å². The number of para-hydroxylation sites is 1. The lowest BCUT2D eigenvalue weighted by molar-refractivity contribution is 0.495. The van der Waals surface area contributed by atoms with E-state index in [0.717, 1.165) is 5.69 Å². The second kappa shape index (κ2) is 5.91. The summed E-state index contributed by atoms with van der Waals surface area (Å²) in [6.45, 7) is 11.5. The van der Waals surface area contributed by atoms with E-state index in [2.05, 4.69) is 64.2 Å². The Hall–Kier alpha value is -1.49. The molecule has 0 aliphatic heterocycles. The highest BCUT2D eigenvalue weighted by Gasteiger charge is 2.18. The molecular weight excluding hydrogens is 220 g/mol. The first kappa shape index (κ1) is 14.6. The van der Waals surface area contributed by atoms with Crippen LogP contribution in [0.25, 0.3) is 0 Å². The minimum atomic E-state index is 0.0537. The molecule has 0 aromatic heterocycles. The first-order valence-corrected chi connectivity index (χ1v) is 6.59. The smallest absolute Gasteiger partial charge is 0.0677 e. The molecule has 1 rings (SSSR count). The SMILES string of the molecule is CC(C)C(C#N)CNc1ccccc1C(C)(C)C. The Kier molecular flexibility index (Phi) is 4.78. The van der Waals surface area contributed by atoms with Crippen LogP contribution >= 0.6 is 0 Å². The van der Waals surface area contributed by atoms with E-state index < -0.39 is 0 Å². The van der Waals surface area contributed by atoms with Crippen LogP contribution in [0.15, 0.2) is 24.3 Å². The molecule has 1 atom stereocenters. The number of hydrogen-bond acceptors (Lipinski definition) is 2. The number of anilines is 1. The third-order valence-electron chi connectivity index (χ3n) is 3.22. The first-order valence-electron chi connectivity index (χ1n) is 6.59. The standard InChI is InChI=1S/C16H24N2/c1-12(2)13(10-17)11-18-15-9-7-6-8-14(15)16(3,4)5/h6-9,12-13,18H,11H2,1-5H3. The maximum absolute atomic E-state index is 9.11. The second-order valence-electron chi connectivity index (χ2n) is 6.16. The van der Waals surface area contributed by atoms with Crippen LogP contribution in [0.5, 0.6) is 0 Å². The lowest BCUT2D eigenvalue weighted by Gasteiger charge is -2.24. The van der Waals surface area contributed by atoms with Gasteiger partial charge in [-0.2, -0.15) is 5.26 Å². The lowest BCUT2D eigenvalue weighted by Crippen LogP contribution is -2.20. The number of nitriles is 1. The number of benzene rings is 1. The number of nitrogens with zero attached hydrogens (tertiary/aromatic N) is 1. The van der Waals surface area contributed by atoms with E-state index in [9.17, 15) is 0 Å². The highest BCUT2D eigenvalue weighted by atomic mass is 14.9. The maximum atomic E-state index is 9.11. The van der Waals surface area contributed by atoms with Gasteiger partial charge >= 0.3 is 0 Å². The van der Waals surface area contributed by atoms with Crippen molar-refractivity contribution >= 4 is 5.69 Å². The molecule has 0 saturated heterocycles. The third-order valence-corrected chi connectivity index (χ3v) is 3.22. The lowest BCUT2D eigenvalue weighted by atomic mass is 9.85. The average molecular weight is 244 g/mol. The van der Waals surface area contributed by atoms with Crippen LogP contribution in [-0.4, -0.2) is 6.54 Å². The van der Waals surface area contributed by atoms with Crippen molar-refractivity contribution in [2.75, 3.05) is 11.9 Å². The maximum Gasteiger partial charge on any atom is 0.0677 e. The molecule has 0 radical (unpaired) electrons. The molecule has 0 spiro atoms. The number of rotatable bonds is 4. The summed E-state index contributed by atoms with van der Waals surface area (Å²) in [6, 6.07) is 10.7. The third kappa shape index (κ3) is 3.77. The van der Waals surface area contributed by atoms with E-state index in [1.807, 2.05) is 6.07 Å². The van der Waals surface area contributed by atoms with Gasteiger partial charge in [0, 0.05) is 12.2 Å². The van der Waals surface area contributed by atoms with E-state index in [0.29, 0.717) is 12.5 Å². The first-order chi connectivity index (χ1) is 8.36. The molecule has 18 heavy (non-hydrogen) atoms. The number of nitrogens with one attached hydrogen (secondary N) is 1. The van der Waals surface area contributed by atoms with Crippen LogP contribution in [0, 0.1) is 23.2 Å². The van der Waals surface area contributed by atoms with E-state index in [-0.39, 0.29) is 11.3 Å². The van der Waals surface area contributed by atoms with Crippen LogP contribution in [0.4, 0.5) is 5.69 Å². The van der Waals surface area contributed by atoms with Gasteiger partial charge in [0.1, 0.15) is 0 Å². The molecule has 0 bridgehead atoms. The minimum Gasteiger partial charge on any atom is -0.383 e. The van der Waals surface area contributed by atoms with Gasteiger partial charge < -0.3 is 5.32 Å². The molecule has 1 N–H and O–H groups in total. The Balaban J connectivity index is 2.83. The van der Waals surface area contributed by atoms with Crippen molar-refractivity contribution in [1.29, 1.82) is 5.26 Å². The minimum absolute atomic E-state index is 0.0537. The van der Waals surface area contributed by atoms with Crippen molar-refractivity contribution in [3.63, 3.8) is 0 Å². The monoisotopic (exact) mass is 244 g/mol. The molecule has 0 aliphatic rings. The van der Waals surface area contributed by atoms with Crippen molar-refractivity contribution in [3.05, 3.63) is 29.8 Å². The summed E-state index contributed by atoms with van der Waals surface area (Å²) in [5.41, 5.74) is 2.56. The van der Waals surface area contributed by atoms with Crippen molar-refractivity contribution in [1.82, 2.24) is 0 Å². The zero-order chi connectivity index (χ0) is 13.8. The van der Waals surface area contributed by atoms with Gasteiger partial charge in [0.2, 0.25) is 0 Å². The fourth-order valence-corrected chi connectivity index (χ4v) is 1.94. The Labute approximate surface area is 111 Å². The molecular formula is C16H24N2. The molecule has 1 aromatic rings. The number of hydrogen-bond donors (Lipinski definition) is 1. The summed E-state index contributed by atoms with van der Waals surface area (Å²) < 4.78 is 0. The molecule has 2 heteroatoms. The molecule has 0 aliphatic carbocycles. The van der Waals surface area contributed by atoms with Crippen LogP contribution in [0.2, 0.25) is 0 Å². The predicted octanol–water partition coefficient (Wildman–Crippen LogP) is 4.19. The molecule has 1 aromatic carbocycles. The molecule has 0 saturated carbocycles. The summed E-state index contributed by atoms with van der Waals surface area (Å²) in [5, 5.41) is 12.5. The summed E-state index contributed by atoms with van der Waals surface area (Å²) >= 11 is 0. The molecule has 2 nitrogen and oxygen atoms in total. The molecule has 0 fully saturated rings. The molecule has 0 amide bonds. The summed E-state index contributed by atoms with van der Waals surface area (Å²) in [4.78, 5) is 0. The van der Waals surface area contributed by atoms with Gasteiger partial charge in [0.15, 0.2) is 0 Å². The highest BCUT2D eigenvalue weighted by Crippen LogP contribution is 2.29. The van der Waals surface area contributed by atoms with Crippen LogP contribution in [0.3, 0.4) is 0 Å². The Morgan fingerprint density at radius 1 is 1.22 bits per heavy atom.